The number of anilines is 1. The van der Waals surface area contributed by atoms with E-state index in [1.54, 1.807) is 34.5 Å². The Kier molecular flexibility index (Phi) is 9.22. The van der Waals surface area contributed by atoms with E-state index in [2.05, 4.69) is 10.3 Å². The molecule has 0 bridgehead atoms. The zero-order valence-corrected chi connectivity index (χ0v) is 21.4. The van der Waals surface area contributed by atoms with E-state index in [1.165, 1.54) is 16.2 Å². The molecule has 1 fully saturated rings. The van der Waals surface area contributed by atoms with Crippen LogP contribution in [0.2, 0.25) is 5.02 Å². The maximum absolute atomic E-state index is 13.0. The molecule has 1 aromatic carbocycles. The Bertz CT molecular complexity index is 1080. The number of thiazole rings is 1. The van der Waals surface area contributed by atoms with Gasteiger partial charge in [-0.25, -0.2) is 4.98 Å². The molecule has 35 heavy (non-hydrogen) atoms. The number of primary amides is 1. The minimum atomic E-state index is -0.383. The highest BCUT2D eigenvalue weighted by Gasteiger charge is 2.26. The van der Waals surface area contributed by atoms with Gasteiger partial charge >= 0.3 is 0 Å². The number of nitrogens with zero attached hydrogens (tertiary/aromatic N) is 3. The zero-order chi connectivity index (χ0) is 25.5. The van der Waals surface area contributed by atoms with Crippen LogP contribution in [-0.2, 0) is 20.8 Å². The van der Waals surface area contributed by atoms with Crippen molar-refractivity contribution in [3.05, 3.63) is 45.9 Å². The lowest BCUT2D eigenvalue weighted by Crippen LogP contribution is -2.42. The van der Waals surface area contributed by atoms with Crippen LogP contribution in [0.5, 0.6) is 0 Å². The van der Waals surface area contributed by atoms with Crippen molar-refractivity contribution in [3.8, 4) is 0 Å². The molecule has 1 aliphatic heterocycles. The lowest BCUT2D eigenvalue weighted by molar-refractivity contribution is -0.134. The monoisotopic (exact) mass is 519 g/mol. The van der Waals surface area contributed by atoms with Crippen molar-refractivity contribution >= 4 is 51.7 Å². The summed E-state index contributed by atoms with van der Waals surface area (Å²) in [5.41, 5.74) is 6.25. The average molecular weight is 520 g/mol. The number of nitrogens with two attached hydrogens (primary N) is 1. The highest BCUT2D eigenvalue weighted by Crippen LogP contribution is 2.21. The van der Waals surface area contributed by atoms with Gasteiger partial charge in [0.1, 0.15) is 6.54 Å². The standard InChI is InChI=1S/C24H30ClN5O4S/c1-15(2)12-30(23(34)18-5-3-4-6-19(18)25)13-20(31)28-24-27-17(14-35-24)11-21(32)29-9-7-16(8-10-29)22(26)33/h3-6,14-16H,7-13H2,1-2H3,(H2,26,33)(H,27,28,31). The molecular weight excluding hydrogens is 490 g/mol. The van der Waals surface area contributed by atoms with E-state index in [1.807, 2.05) is 13.8 Å². The molecular formula is C24H30ClN5O4S. The van der Waals surface area contributed by atoms with Gasteiger partial charge in [0.25, 0.3) is 5.91 Å². The molecule has 1 saturated heterocycles. The van der Waals surface area contributed by atoms with E-state index in [-0.39, 0.29) is 48.4 Å². The van der Waals surface area contributed by atoms with E-state index < -0.39 is 0 Å². The summed E-state index contributed by atoms with van der Waals surface area (Å²) in [6.07, 6.45) is 1.25. The van der Waals surface area contributed by atoms with Gasteiger partial charge in [-0.15, -0.1) is 11.3 Å². The van der Waals surface area contributed by atoms with E-state index in [0.29, 0.717) is 53.9 Å². The summed E-state index contributed by atoms with van der Waals surface area (Å²) in [5.74, 6) is -1.13. The number of aromatic nitrogens is 1. The number of carbonyl (C=O) groups is 4. The Balaban J connectivity index is 1.56. The van der Waals surface area contributed by atoms with Crippen molar-refractivity contribution in [2.24, 2.45) is 17.6 Å². The largest absolute Gasteiger partial charge is 0.369 e. The van der Waals surface area contributed by atoms with Crippen LogP contribution in [0.15, 0.2) is 29.6 Å². The summed E-state index contributed by atoms with van der Waals surface area (Å²) < 4.78 is 0. The molecule has 3 rings (SSSR count). The Morgan fingerprint density at radius 2 is 1.91 bits per heavy atom. The predicted octanol–water partition coefficient (Wildman–Crippen LogP) is 2.80. The molecule has 9 nitrogen and oxygen atoms in total. The van der Waals surface area contributed by atoms with Gasteiger partial charge < -0.3 is 20.9 Å². The van der Waals surface area contributed by atoms with E-state index in [9.17, 15) is 19.2 Å². The Labute approximate surface area is 213 Å². The fourth-order valence-electron chi connectivity index (χ4n) is 3.92. The molecule has 188 valence electrons. The molecule has 0 spiro atoms. The second-order valence-electron chi connectivity index (χ2n) is 8.99. The number of hydrogen-bond acceptors (Lipinski definition) is 6. The average Bonchev–Trinajstić information content (AvgIpc) is 3.24. The van der Waals surface area contributed by atoms with Gasteiger partial charge in [-0.2, -0.15) is 0 Å². The fraction of sp³-hybridized carbons (Fsp3) is 0.458. The quantitative estimate of drug-likeness (QED) is 0.527. The highest BCUT2D eigenvalue weighted by atomic mass is 35.5. The topological polar surface area (TPSA) is 126 Å². The summed E-state index contributed by atoms with van der Waals surface area (Å²) in [6.45, 7) is 5.15. The van der Waals surface area contributed by atoms with Gasteiger partial charge in [0.2, 0.25) is 17.7 Å². The van der Waals surface area contributed by atoms with Gasteiger partial charge in [0.15, 0.2) is 5.13 Å². The number of hydrogen-bond donors (Lipinski definition) is 2. The third-order valence-electron chi connectivity index (χ3n) is 5.69. The number of piperidine rings is 1. The lowest BCUT2D eigenvalue weighted by atomic mass is 9.96. The van der Waals surface area contributed by atoms with Crippen LogP contribution in [0.25, 0.3) is 0 Å². The summed E-state index contributed by atoms with van der Waals surface area (Å²) in [4.78, 5) is 57.1. The third-order valence-corrected chi connectivity index (χ3v) is 6.83. The van der Waals surface area contributed by atoms with Crippen molar-refractivity contribution in [2.45, 2.75) is 33.1 Å². The van der Waals surface area contributed by atoms with Crippen molar-refractivity contribution in [1.29, 1.82) is 0 Å². The van der Waals surface area contributed by atoms with Gasteiger partial charge in [-0.1, -0.05) is 37.6 Å². The van der Waals surface area contributed by atoms with E-state index in [0.717, 1.165) is 0 Å². The first kappa shape index (κ1) is 26.6. The number of likely N-dealkylation sites (tertiary alicyclic amines) is 1. The Morgan fingerprint density at radius 1 is 1.23 bits per heavy atom. The lowest BCUT2D eigenvalue weighted by Gasteiger charge is -2.30. The summed E-state index contributed by atoms with van der Waals surface area (Å²) in [6, 6.07) is 6.74. The number of amides is 4. The predicted molar refractivity (Wildman–Crippen MR) is 135 cm³/mol. The Hall–Kier alpha value is -2.98. The molecule has 0 aliphatic carbocycles. The minimum absolute atomic E-state index is 0.0791. The van der Waals surface area contributed by atoms with E-state index in [4.69, 9.17) is 17.3 Å². The molecule has 0 radical (unpaired) electrons. The molecule has 0 atom stereocenters. The first-order valence-electron chi connectivity index (χ1n) is 11.5. The van der Waals surface area contributed by atoms with Crippen LogP contribution < -0.4 is 11.1 Å². The Morgan fingerprint density at radius 3 is 2.54 bits per heavy atom. The van der Waals surface area contributed by atoms with E-state index >= 15 is 0 Å². The van der Waals surface area contributed by atoms with Crippen LogP contribution >= 0.6 is 22.9 Å². The van der Waals surface area contributed by atoms with Crippen LogP contribution in [0.4, 0.5) is 5.13 Å². The minimum Gasteiger partial charge on any atom is -0.369 e. The zero-order valence-electron chi connectivity index (χ0n) is 19.8. The normalized spacial score (nSPS) is 14.1. The smallest absolute Gasteiger partial charge is 0.255 e. The molecule has 1 aliphatic rings. The first-order chi connectivity index (χ1) is 16.6. The number of nitrogens with one attached hydrogen (secondary N) is 1. The third kappa shape index (κ3) is 7.50. The maximum atomic E-state index is 13.0. The van der Waals surface area contributed by atoms with Crippen molar-refractivity contribution in [3.63, 3.8) is 0 Å². The SMILES string of the molecule is CC(C)CN(CC(=O)Nc1nc(CC(=O)N2CCC(C(N)=O)CC2)cs1)C(=O)c1ccccc1Cl. The highest BCUT2D eigenvalue weighted by molar-refractivity contribution is 7.13. The molecule has 2 aromatic rings. The van der Waals surface area contributed by atoms with Crippen molar-refractivity contribution in [2.75, 3.05) is 31.5 Å². The number of carbonyl (C=O) groups excluding carboxylic acids is 4. The summed E-state index contributed by atoms with van der Waals surface area (Å²) in [7, 11) is 0. The number of rotatable bonds is 9. The summed E-state index contributed by atoms with van der Waals surface area (Å²) >= 11 is 7.40. The molecule has 2 heterocycles. The van der Waals surface area contributed by atoms with Crippen molar-refractivity contribution in [1.82, 2.24) is 14.8 Å². The molecule has 3 N–H and O–H groups in total. The van der Waals surface area contributed by atoms with Gasteiger partial charge in [0, 0.05) is 30.9 Å². The number of halogens is 1. The maximum Gasteiger partial charge on any atom is 0.255 e. The van der Waals surface area contributed by atoms with Crippen LogP contribution in [0, 0.1) is 11.8 Å². The van der Waals surface area contributed by atoms with Gasteiger partial charge in [-0.3, -0.25) is 19.2 Å². The molecule has 0 unspecified atom stereocenters. The second kappa shape index (κ2) is 12.1. The van der Waals surface area contributed by atoms with Crippen LogP contribution in [0.3, 0.4) is 0 Å². The first-order valence-corrected chi connectivity index (χ1v) is 12.7. The van der Waals surface area contributed by atoms with Crippen LogP contribution in [0.1, 0.15) is 42.7 Å². The second-order valence-corrected chi connectivity index (χ2v) is 10.3. The van der Waals surface area contributed by atoms with Crippen LogP contribution in [-0.4, -0.2) is 64.6 Å². The van der Waals surface area contributed by atoms with Gasteiger partial charge in [-0.05, 0) is 30.9 Å². The molecule has 11 heteroatoms. The van der Waals surface area contributed by atoms with Gasteiger partial charge in [0.05, 0.1) is 22.7 Å². The summed E-state index contributed by atoms with van der Waals surface area (Å²) in [5, 5.41) is 5.14. The molecule has 1 aromatic heterocycles. The molecule has 4 amide bonds. The number of benzene rings is 1. The fourth-order valence-corrected chi connectivity index (χ4v) is 4.87. The molecule has 0 saturated carbocycles. The van der Waals surface area contributed by atoms with Crippen molar-refractivity contribution < 1.29 is 19.2 Å².